The van der Waals surface area contributed by atoms with E-state index in [0.29, 0.717) is 0 Å². The molecule has 6 heteroatoms. The summed E-state index contributed by atoms with van der Waals surface area (Å²) in [5, 5.41) is 5.65. The van der Waals surface area contributed by atoms with E-state index in [9.17, 15) is 0 Å². The minimum atomic E-state index is -0.0559. The first-order valence-electron chi connectivity index (χ1n) is 8.41. The smallest absolute Gasteiger partial charge is 0.140 e. The molecule has 27 heavy (non-hydrogen) atoms. The minimum absolute atomic E-state index is 0. The van der Waals surface area contributed by atoms with Gasteiger partial charge in [0.15, 0.2) is 0 Å². The maximum absolute atomic E-state index is 4.86. The van der Waals surface area contributed by atoms with Gasteiger partial charge in [-0.25, -0.2) is 4.98 Å². The zero-order valence-corrected chi connectivity index (χ0v) is 17.8. The van der Waals surface area contributed by atoms with Crippen molar-refractivity contribution in [3.05, 3.63) is 63.8 Å². The molecule has 0 aliphatic heterocycles. The van der Waals surface area contributed by atoms with E-state index in [-0.39, 0.29) is 17.9 Å². The molecule has 0 fully saturated rings. The van der Waals surface area contributed by atoms with Gasteiger partial charge in [-0.15, -0.1) is 35.1 Å². The molecular weight excluding hydrogens is 394 g/mol. The molecule has 4 rings (SSSR count). The largest absolute Gasteiger partial charge is 0.365 e. The second kappa shape index (κ2) is 7.77. The lowest BCUT2D eigenvalue weighted by Crippen LogP contribution is -2.27. The highest BCUT2D eigenvalue weighted by molar-refractivity contribution is 7.16. The van der Waals surface area contributed by atoms with Gasteiger partial charge in [-0.1, -0.05) is 12.1 Å². The number of aromatic nitrogens is 2. The average Bonchev–Trinajstić information content (AvgIpc) is 3.32. The third kappa shape index (κ3) is 4.36. The predicted molar refractivity (Wildman–Crippen MR) is 119 cm³/mol. The molecule has 0 saturated heterocycles. The molecule has 0 saturated carbocycles. The van der Waals surface area contributed by atoms with Crippen molar-refractivity contribution in [3.63, 3.8) is 0 Å². The van der Waals surface area contributed by atoms with Crippen molar-refractivity contribution in [1.82, 2.24) is 9.38 Å². The number of halogens is 1. The molecule has 4 heterocycles. The monoisotopic (exact) mass is 413 g/mol. The zero-order chi connectivity index (χ0) is 18.1. The summed E-state index contributed by atoms with van der Waals surface area (Å²) < 4.78 is 2.11. The second-order valence-electron chi connectivity index (χ2n) is 7.00. The van der Waals surface area contributed by atoms with Crippen molar-refractivity contribution in [2.75, 3.05) is 5.32 Å². The van der Waals surface area contributed by atoms with E-state index in [2.05, 4.69) is 54.5 Å². The Kier molecular flexibility index (Phi) is 5.61. The van der Waals surface area contributed by atoms with E-state index in [1.165, 1.54) is 0 Å². The van der Waals surface area contributed by atoms with Crippen molar-refractivity contribution in [2.24, 2.45) is 0 Å². The first-order valence-corrected chi connectivity index (χ1v) is 10.1. The Bertz CT molecular complexity index is 1110. The Labute approximate surface area is 173 Å². The predicted octanol–water partition coefficient (Wildman–Crippen LogP) is 6.16. The molecule has 0 atom stereocenters. The molecule has 138 valence electrons. The molecule has 3 nitrogen and oxygen atoms in total. The van der Waals surface area contributed by atoms with Gasteiger partial charge in [0.2, 0.25) is 0 Å². The van der Waals surface area contributed by atoms with Crippen LogP contribution in [0.2, 0.25) is 0 Å². The Morgan fingerprint density at radius 2 is 1.81 bits per heavy atom. The lowest BCUT2D eigenvalue weighted by molar-refractivity contribution is 0.630. The summed E-state index contributed by atoms with van der Waals surface area (Å²) in [6, 6.07) is 14.3. The number of nitrogens with one attached hydrogen (secondary N) is 1. The second-order valence-corrected chi connectivity index (χ2v) is 9.04. The average molecular weight is 414 g/mol. The topological polar surface area (TPSA) is 29.3 Å². The Hall–Kier alpha value is -2.26. The van der Waals surface area contributed by atoms with Gasteiger partial charge in [-0.05, 0) is 68.3 Å². The molecule has 0 aliphatic carbocycles. The lowest BCUT2D eigenvalue weighted by atomic mass is 10.1. The van der Waals surface area contributed by atoms with Crippen LogP contribution in [0.3, 0.4) is 0 Å². The van der Waals surface area contributed by atoms with Crippen LogP contribution in [0.15, 0.2) is 54.0 Å². The van der Waals surface area contributed by atoms with Crippen molar-refractivity contribution >= 4 is 46.5 Å². The molecule has 0 unspecified atom stereocenters. The van der Waals surface area contributed by atoms with Gasteiger partial charge in [0.1, 0.15) is 17.2 Å². The SMILES string of the molecule is CC(C)(C)Nc1c(-c2ccc(C#Cc3cccs3)s2)nc2ccccn12.Cl. The Balaban J connectivity index is 0.00000210. The summed E-state index contributed by atoms with van der Waals surface area (Å²) in [5.74, 6) is 7.51. The van der Waals surface area contributed by atoms with Crippen LogP contribution in [-0.4, -0.2) is 14.9 Å². The van der Waals surface area contributed by atoms with E-state index in [0.717, 1.165) is 31.8 Å². The fourth-order valence-electron chi connectivity index (χ4n) is 2.65. The summed E-state index contributed by atoms with van der Waals surface area (Å²) in [6.07, 6.45) is 2.05. The number of imidazole rings is 1. The quantitative estimate of drug-likeness (QED) is 0.399. The van der Waals surface area contributed by atoms with Crippen molar-refractivity contribution in [3.8, 4) is 22.4 Å². The van der Waals surface area contributed by atoms with E-state index in [1.807, 2.05) is 41.9 Å². The first kappa shape index (κ1) is 19.5. The fourth-order valence-corrected chi connectivity index (χ4v) is 4.07. The van der Waals surface area contributed by atoms with Gasteiger partial charge >= 0.3 is 0 Å². The van der Waals surface area contributed by atoms with Crippen LogP contribution in [-0.2, 0) is 0 Å². The summed E-state index contributed by atoms with van der Waals surface area (Å²) in [6.45, 7) is 6.47. The van der Waals surface area contributed by atoms with Crippen molar-refractivity contribution in [2.45, 2.75) is 26.3 Å². The van der Waals surface area contributed by atoms with Crippen molar-refractivity contribution in [1.29, 1.82) is 0 Å². The highest BCUT2D eigenvalue weighted by Gasteiger charge is 2.20. The van der Waals surface area contributed by atoms with Crippen LogP contribution in [0.1, 0.15) is 30.5 Å². The number of fused-ring (bicyclic) bond motifs is 1. The Morgan fingerprint density at radius 3 is 2.56 bits per heavy atom. The van der Waals surface area contributed by atoms with Crippen molar-refractivity contribution < 1.29 is 0 Å². The molecule has 4 aromatic rings. The van der Waals surface area contributed by atoms with Gasteiger partial charge in [-0.2, -0.15) is 0 Å². The van der Waals surface area contributed by atoms with Crippen LogP contribution in [0.4, 0.5) is 5.82 Å². The van der Waals surface area contributed by atoms with E-state index in [4.69, 9.17) is 4.98 Å². The fraction of sp³-hybridized carbons (Fsp3) is 0.190. The van der Waals surface area contributed by atoms with Crippen LogP contribution in [0, 0.1) is 11.8 Å². The molecule has 0 amide bonds. The highest BCUT2D eigenvalue weighted by Crippen LogP contribution is 2.35. The van der Waals surface area contributed by atoms with E-state index >= 15 is 0 Å². The number of hydrogen-bond donors (Lipinski definition) is 1. The molecule has 4 aromatic heterocycles. The molecule has 0 aliphatic rings. The summed E-state index contributed by atoms with van der Waals surface area (Å²) >= 11 is 3.34. The van der Waals surface area contributed by atoms with Gasteiger partial charge in [-0.3, -0.25) is 4.40 Å². The summed E-state index contributed by atoms with van der Waals surface area (Å²) in [4.78, 5) is 8.11. The number of pyridine rings is 1. The minimum Gasteiger partial charge on any atom is -0.365 e. The molecule has 1 N–H and O–H groups in total. The number of anilines is 1. The number of rotatable bonds is 2. The molecular formula is C21H20ClN3S2. The Morgan fingerprint density at radius 1 is 1.00 bits per heavy atom. The maximum atomic E-state index is 4.86. The van der Waals surface area contributed by atoms with Crippen LogP contribution >= 0.6 is 35.1 Å². The summed E-state index contributed by atoms with van der Waals surface area (Å²) in [5.41, 5.74) is 1.86. The highest BCUT2D eigenvalue weighted by atomic mass is 35.5. The molecule has 0 radical (unpaired) electrons. The van der Waals surface area contributed by atoms with Gasteiger partial charge in [0.25, 0.3) is 0 Å². The van der Waals surface area contributed by atoms with Crippen LogP contribution < -0.4 is 5.32 Å². The lowest BCUT2D eigenvalue weighted by Gasteiger charge is -2.22. The van der Waals surface area contributed by atoms with Gasteiger partial charge < -0.3 is 5.32 Å². The van der Waals surface area contributed by atoms with E-state index in [1.54, 1.807) is 22.7 Å². The number of nitrogens with zero attached hydrogens (tertiary/aromatic N) is 2. The third-order valence-electron chi connectivity index (χ3n) is 3.69. The zero-order valence-electron chi connectivity index (χ0n) is 15.3. The first-order chi connectivity index (χ1) is 12.5. The number of thiophene rings is 2. The number of hydrogen-bond acceptors (Lipinski definition) is 4. The van der Waals surface area contributed by atoms with Crippen LogP contribution in [0.25, 0.3) is 16.2 Å². The molecule has 0 aromatic carbocycles. The van der Waals surface area contributed by atoms with Gasteiger partial charge in [0, 0.05) is 11.7 Å². The maximum Gasteiger partial charge on any atom is 0.140 e. The third-order valence-corrected chi connectivity index (χ3v) is 5.49. The molecule has 0 spiro atoms. The molecule has 0 bridgehead atoms. The summed E-state index contributed by atoms with van der Waals surface area (Å²) in [7, 11) is 0. The standard InChI is InChI=1S/C21H19N3S2.ClH/c1-21(2,3)23-20-19(22-18-8-4-5-13-24(18)20)17-12-11-16(26-17)10-9-15-7-6-14-25-15;/h4-8,11-14,23H,1-3H3;1H. The van der Waals surface area contributed by atoms with Gasteiger partial charge in [0.05, 0.1) is 14.6 Å². The normalized spacial score (nSPS) is 10.9. The van der Waals surface area contributed by atoms with Crippen LogP contribution in [0.5, 0.6) is 0 Å². The van der Waals surface area contributed by atoms with E-state index < -0.39 is 0 Å².